The lowest BCUT2D eigenvalue weighted by Crippen LogP contribution is -2.35. The summed E-state index contributed by atoms with van der Waals surface area (Å²) in [5, 5.41) is 2.60. The Kier molecular flexibility index (Phi) is 5.56. The van der Waals surface area contributed by atoms with Crippen molar-refractivity contribution in [2.24, 2.45) is 0 Å². The van der Waals surface area contributed by atoms with E-state index >= 15 is 0 Å². The average Bonchev–Trinajstić information content (AvgIpc) is 2.35. The number of benzene rings is 1. The molecule has 0 fully saturated rings. The van der Waals surface area contributed by atoms with Crippen molar-refractivity contribution in [1.29, 1.82) is 0 Å². The van der Waals surface area contributed by atoms with Crippen molar-refractivity contribution in [2.75, 3.05) is 0 Å². The van der Waals surface area contributed by atoms with Gasteiger partial charge in [-0.3, -0.25) is 9.59 Å². The molecule has 1 N–H and O–H groups in total. The Hall–Kier alpha value is -1.64. The average molecular weight is 247 g/mol. The molecule has 0 radical (unpaired) electrons. The molecule has 0 saturated heterocycles. The number of carbonyl (C=O) groups is 2. The molecule has 0 spiro atoms. The summed E-state index contributed by atoms with van der Waals surface area (Å²) in [5.41, 5.74) is 1.66. The summed E-state index contributed by atoms with van der Waals surface area (Å²) in [4.78, 5) is 23.3. The molecule has 0 unspecified atom stereocenters. The largest absolute Gasteiger partial charge is 0.347 e. The summed E-state index contributed by atoms with van der Waals surface area (Å²) in [6, 6.07) is 7.28. The summed E-state index contributed by atoms with van der Waals surface area (Å²) in [5.74, 6) is -1.00. The third-order valence-electron chi connectivity index (χ3n) is 2.66. The number of nitrogens with one attached hydrogen (secondary N) is 1. The van der Waals surface area contributed by atoms with Crippen LogP contribution in [0.25, 0.3) is 0 Å². The number of aryl methyl sites for hydroxylation is 1. The first-order chi connectivity index (χ1) is 8.54. The molecule has 1 aromatic carbocycles. The maximum absolute atomic E-state index is 11.8. The van der Waals surface area contributed by atoms with Gasteiger partial charge in [0.05, 0.1) is 0 Å². The van der Waals surface area contributed by atoms with Crippen LogP contribution in [0.2, 0.25) is 0 Å². The van der Waals surface area contributed by atoms with Crippen molar-refractivity contribution in [3.8, 4) is 0 Å². The number of amides is 1. The van der Waals surface area contributed by atoms with E-state index in [1.165, 1.54) is 5.56 Å². The van der Waals surface area contributed by atoms with Gasteiger partial charge in [-0.1, -0.05) is 37.6 Å². The summed E-state index contributed by atoms with van der Waals surface area (Å²) in [7, 11) is 0. The molecule has 0 aliphatic heterocycles. The van der Waals surface area contributed by atoms with E-state index in [9.17, 15) is 9.59 Å². The van der Waals surface area contributed by atoms with Crippen LogP contribution in [0, 0.1) is 0 Å². The van der Waals surface area contributed by atoms with Crippen molar-refractivity contribution in [1.82, 2.24) is 5.32 Å². The molecule has 0 heterocycles. The van der Waals surface area contributed by atoms with E-state index in [0.29, 0.717) is 5.56 Å². The molecule has 3 nitrogen and oxygen atoms in total. The number of hydrogen-bond acceptors (Lipinski definition) is 2. The molecule has 0 bridgehead atoms. The Morgan fingerprint density at radius 2 is 1.78 bits per heavy atom. The first-order valence-corrected chi connectivity index (χ1v) is 6.48. The highest BCUT2D eigenvalue weighted by molar-refractivity contribution is 6.42. The Bertz CT molecular complexity index is 407. The van der Waals surface area contributed by atoms with Crippen LogP contribution >= 0.6 is 0 Å². The zero-order valence-corrected chi connectivity index (χ0v) is 11.3. The number of Topliss-reactive ketones (excluding diaryl/α,β-unsaturated/α-hetero) is 1. The van der Waals surface area contributed by atoms with E-state index < -0.39 is 11.7 Å². The van der Waals surface area contributed by atoms with Gasteiger partial charge < -0.3 is 5.32 Å². The molecule has 3 heteroatoms. The molecule has 0 aliphatic rings. The van der Waals surface area contributed by atoms with Crippen molar-refractivity contribution in [3.63, 3.8) is 0 Å². The zero-order chi connectivity index (χ0) is 13.5. The van der Waals surface area contributed by atoms with Crippen molar-refractivity contribution < 1.29 is 9.59 Å². The second-order valence-electron chi connectivity index (χ2n) is 4.76. The minimum absolute atomic E-state index is 0.0229. The van der Waals surface area contributed by atoms with Gasteiger partial charge in [0.1, 0.15) is 0 Å². The highest BCUT2D eigenvalue weighted by atomic mass is 16.2. The lowest BCUT2D eigenvalue weighted by molar-refractivity contribution is -0.117. The summed E-state index contributed by atoms with van der Waals surface area (Å²) >= 11 is 0. The SMILES string of the molecule is CCCCc1ccc(C(=O)C(=O)NC(C)C)cc1. The summed E-state index contributed by atoms with van der Waals surface area (Å²) < 4.78 is 0. The Balaban J connectivity index is 2.67. The quantitative estimate of drug-likeness (QED) is 0.620. The van der Waals surface area contributed by atoms with Crippen LogP contribution in [0.15, 0.2) is 24.3 Å². The van der Waals surface area contributed by atoms with E-state index in [1.54, 1.807) is 12.1 Å². The van der Waals surface area contributed by atoms with E-state index in [2.05, 4.69) is 12.2 Å². The van der Waals surface area contributed by atoms with Crippen LogP contribution in [0.1, 0.15) is 49.5 Å². The Morgan fingerprint density at radius 1 is 1.17 bits per heavy atom. The molecule has 0 atom stereocenters. The zero-order valence-electron chi connectivity index (χ0n) is 11.3. The van der Waals surface area contributed by atoms with Gasteiger partial charge in [-0.15, -0.1) is 0 Å². The molecule has 1 aromatic rings. The molecule has 0 saturated carbocycles. The maximum atomic E-state index is 11.8. The van der Waals surface area contributed by atoms with E-state index in [-0.39, 0.29) is 6.04 Å². The van der Waals surface area contributed by atoms with Gasteiger partial charge in [0, 0.05) is 11.6 Å². The fourth-order valence-corrected chi connectivity index (χ4v) is 1.66. The molecular formula is C15H21NO2. The van der Waals surface area contributed by atoms with Gasteiger partial charge in [-0.05, 0) is 32.3 Å². The topological polar surface area (TPSA) is 46.2 Å². The first kappa shape index (κ1) is 14.4. The lowest BCUT2D eigenvalue weighted by atomic mass is 10.0. The fourth-order valence-electron chi connectivity index (χ4n) is 1.66. The highest BCUT2D eigenvalue weighted by Gasteiger charge is 2.16. The summed E-state index contributed by atoms with van der Waals surface area (Å²) in [6.45, 7) is 5.81. The minimum Gasteiger partial charge on any atom is -0.347 e. The van der Waals surface area contributed by atoms with Crippen LogP contribution in [-0.2, 0) is 11.2 Å². The van der Waals surface area contributed by atoms with Gasteiger partial charge >= 0.3 is 0 Å². The van der Waals surface area contributed by atoms with Gasteiger partial charge in [0.2, 0.25) is 5.78 Å². The number of unbranched alkanes of at least 4 members (excludes halogenated alkanes) is 1. The Morgan fingerprint density at radius 3 is 2.28 bits per heavy atom. The van der Waals surface area contributed by atoms with Crippen molar-refractivity contribution >= 4 is 11.7 Å². The van der Waals surface area contributed by atoms with Gasteiger partial charge in [0.25, 0.3) is 5.91 Å². The third kappa shape index (κ3) is 4.32. The van der Waals surface area contributed by atoms with Crippen LogP contribution < -0.4 is 5.32 Å². The van der Waals surface area contributed by atoms with Crippen LogP contribution in [0.3, 0.4) is 0 Å². The standard InChI is InChI=1S/C15H21NO2/c1-4-5-6-12-7-9-13(10-8-12)14(17)15(18)16-11(2)3/h7-11H,4-6H2,1-3H3,(H,16,18). The third-order valence-corrected chi connectivity index (χ3v) is 2.66. The molecule has 1 amide bonds. The number of ketones is 1. The molecule has 0 aliphatic carbocycles. The normalized spacial score (nSPS) is 10.4. The van der Waals surface area contributed by atoms with Gasteiger partial charge in [-0.2, -0.15) is 0 Å². The molecular weight excluding hydrogens is 226 g/mol. The number of carbonyl (C=O) groups excluding carboxylic acids is 2. The van der Waals surface area contributed by atoms with Gasteiger partial charge in [0.15, 0.2) is 0 Å². The van der Waals surface area contributed by atoms with E-state index in [0.717, 1.165) is 19.3 Å². The van der Waals surface area contributed by atoms with Crippen molar-refractivity contribution in [2.45, 2.75) is 46.1 Å². The first-order valence-electron chi connectivity index (χ1n) is 6.48. The van der Waals surface area contributed by atoms with E-state index in [1.807, 2.05) is 26.0 Å². The van der Waals surface area contributed by atoms with Gasteiger partial charge in [-0.25, -0.2) is 0 Å². The predicted molar refractivity (Wildman–Crippen MR) is 72.7 cm³/mol. The molecule has 0 aromatic heterocycles. The monoisotopic (exact) mass is 247 g/mol. The second-order valence-corrected chi connectivity index (χ2v) is 4.76. The second kappa shape index (κ2) is 6.94. The van der Waals surface area contributed by atoms with Crippen LogP contribution in [0.4, 0.5) is 0 Å². The number of hydrogen-bond donors (Lipinski definition) is 1. The predicted octanol–water partition coefficient (Wildman–Crippen LogP) is 2.74. The fraction of sp³-hybridized carbons (Fsp3) is 0.467. The highest BCUT2D eigenvalue weighted by Crippen LogP contribution is 2.08. The molecule has 18 heavy (non-hydrogen) atoms. The smallest absolute Gasteiger partial charge is 0.292 e. The molecule has 1 rings (SSSR count). The maximum Gasteiger partial charge on any atom is 0.292 e. The van der Waals surface area contributed by atoms with E-state index in [4.69, 9.17) is 0 Å². The van der Waals surface area contributed by atoms with Crippen LogP contribution in [-0.4, -0.2) is 17.7 Å². The lowest BCUT2D eigenvalue weighted by Gasteiger charge is -2.07. The molecule has 98 valence electrons. The van der Waals surface area contributed by atoms with Crippen molar-refractivity contribution in [3.05, 3.63) is 35.4 Å². The summed E-state index contributed by atoms with van der Waals surface area (Å²) in [6.07, 6.45) is 3.31. The minimum atomic E-state index is -0.536. The van der Waals surface area contributed by atoms with Crippen LogP contribution in [0.5, 0.6) is 0 Å². The Labute approximate surface area is 109 Å². The number of rotatable bonds is 6.